The molecular weight excluding hydrogens is 286 g/mol. The van der Waals surface area contributed by atoms with Gasteiger partial charge in [-0.05, 0) is 44.9 Å². The van der Waals surface area contributed by atoms with Crippen molar-refractivity contribution in [3.05, 3.63) is 12.2 Å². The van der Waals surface area contributed by atoms with Crippen LogP contribution in [0, 0.1) is 11.8 Å². The summed E-state index contributed by atoms with van der Waals surface area (Å²) >= 11 is 0. The first-order chi connectivity index (χ1) is 9.89. The topological polar surface area (TPSA) is 63.2 Å². The molecule has 0 aromatic carbocycles. The Labute approximate surface area is 128 Å². The smallest absolute Gasteiger partial charge is 0.240 e. The molecule has 0 radical (unpaired) electrons. The minimum Gasteiger partial charge on any atom is -0.274 e. The van der Waals surface area contributed by atoms with Gasteiger partial charge in [0.05, 0.1) is 4.75 Å². The van der Waals surface area contributed by atoms with Gasteiger partial charge in [-0.2, -0.15) is 0 Å². The van der Waals surface area contributed by atoms with Gasteiger partial charge in [-0.25, -0.2) is 8.42 Å². The van der Waals surface area contributed by atoms with Crippen molar-refractivity contribution in [3.63, 3.8) is 0 Å². The number of amides is 1. The quantitative estimate of drug-likeness (QED) is 0.525. The second-order valence-corrected chi connectivity index (χ2v) is 8.90. The summed E-state index contributed by atoms with van der Waals surface area (Å²) in [5, 5.41) is 0. The maximum Gasteiger partial charge on any atom is 0.240 e. The van der Waals surface area contributed by atoms with Gasteiger partial charge in [0.2, 0.25) is 15.9 Å². The third-order valence-electron chi connectivity index (χ3n) is 4.62. The summed E-state index contributed by atoms with van der Waals surface area (Å²) in [5.41, 5.74) is 0. The van der Waals surface area contributed by atoms with E-state index in [1.54, 1.807) is 6.92 Å². The van der Waals surface area contributed by atoms with Gasteiger partial charge in [0.15, 0.2) is 0 Å². The summed E-state index contributed by atoms with van der Waals surface area (Å²) in [6, 6.07) is 0. The summed E-state index contributed by atoms with van der Waals surface area (Å²) in [7, 11) is -3.47. The van der Waals surface area contributed by atoms with Crippen LogP contribution in [0.2, 0.25) is 0 Å². The molecule has 0 heterocycles. The maximum absolute atomic E-state index is 12.0. The molecule has 2 fully saturated rings. The monoisotopic (exact) mass is 313 g/mol. The average Bonchev–Trinajstić information content (AvgIpc) is 3.30. The molecule has 5 heteroatoms. The second-order valence-electron chi connectivity index (χ2n) is 6.70. The molecule has 21 heavy (non-hydrogen) atoms. The van der Waals surface area contributed by atoms with Crippen LogP contribution in [-0.4, -0.2) is 19.1 Å². The Bertz CT molecular complexity index is 506. The number of carbonyl (C=O) groups is 1. The normalized spacial score (nSPS) is 26.8. The fraction of sp³-hybridized carbons (Fsp3) is 0.812. The van der Waals surface area contributed by atoms with E-state index < -0.39 is 14.8 Å². The number of sulfonamides is 1. The summed E-state index contributed by atoms with van der Waals surface area (Å²) in [6.07, 6.45) is 12.3. The van der Waals surface area contributed by atoms with Gasteiger partial charge in [-0.15, -0.1) is 0 Å². The van der Waals surface area contributed by atoms with Crippen molar-refractivity contribution in [1.29, 1.82) is 0 Å². The van der Waals surface area contributed by atoms with Crippen LogP contribution < -0.4 is 4.72 Å². The second kappa shape index (κ2) is 6.51. The van der Waals surface area contributed by atoms with E-state index in [9.17, 15) is 13.2 Å². The SMILES string of the molecule is CCCCCC/C=C\C1CC1C(=O)NS(=O)(=O)C1(C)CC1. The first-order valence-electron chi connectivity index (χ1n) is 8.12. The third-order valence-corrected chi connectivity index (χ3v) is 6.80. The largest absolute Gasteiger partial charge is 0.274 e. The molecule has 2 atom stereocenters. The van der Waals surface area contributed by atoms with Crippen LogP contribution >= 0.6 is 0 Å². The summed E-state index contributed by atoms with van der Waals surface area (Å²) in [4.78, 5) is 12.0. The van der Waals surface area contributed by atoms with Gasteiger partial charge in [-0.3, -0.25) is 9.52 Å². The molecule has 0 aliphatic heterocycles. The van der Waals surface area contributed by atoms with Crippen molar-refractivity contribution >= 4 is 15.9 Å². The van der Waals surface area contributed by atoms with E-state index in [2.05, 4.69) is 23.8 Å². The third kappa shape index (κ3) is 4.31. The van der Waals surface area contributed by atoms with E-state index in [1.165, 1.54) is 25.7 Å². The molecule has 2 aliphatic carbocycles. The van der Waals surface area contributed by atoms with Crippen molar-refractivity contribution in [2.24, 2.45) is 11.8 Å². The molecule has 4 nitrogen and oxygen atoms in total. The number of hydrogen-bond donors (Lipinski definition) is 1. The van der Waals surface area contributed by atoms with Crippen molar-refractivity contribution < 1.29 is 13.2 Å². The van der Waals surface area contributed by atoms with Gasteiger partial charge in [0.25, 0.3) is 0 Å². The highest BCUT2D eigenvalue weighted by Crippen LogP contribution is 2.44. The number of carbonyl (C=O) groups excluding carboxylic acids is 1. The predicted molar refractivity (Wildman–Crippen MR) is 84.2 cm³/mol. The van der Waals surface area contributed by atoms with Crippen LogP contribution in [0.5, 0.6) is 0 Å². The van der Waals surface area contributed by atoms with Crippen molar-refractivity contribution in [2.75, 3.05) is 0 Å². The summed E-state index contributed by atoms with van der Waals surface area (Å²) < 4.78 is 25.5. The van der Waals surface area contributed by atoms with Crippen molar-refractivity contribution in [2.45, 2.75) is 70.0 Å². The zero-order valence-corrected chi connectivity index (χ0v) is 13.9. The highest BCUT2D eigenvalue weighted by Gasteiger charge is 2.52. The van der Waals surface area contributed by atoms with E-state index in [-0.39, 0.29) is 17.7 Å². The Hall–Kier alpha value is -0.840. The van der Waals surface area contributed by atoms with Crippen molar-refractivity contribution in [1.82, 2.24) is 4.72 Å². The molecule has 1 amide bonds. The first-order valence-corrected chi connectivity index (χ1v) is 9.61. The lowest BCUT2D eigenvalue weighted by atomic mass is 10.1. The Morgan fingerprint density at radius 3 is 2.62 bits per heavy atom. The molecule has 1 N–H and O–H groups in total. The molecule has 0 spiro atoms. The number of nitrogens with one attached hydrogen (secondary N) is 1. The molecule has 2 saturated carbocycles. The van der Waals surface area contributed by atoms with Crippen molar-refractivity contribution in [3.8, 4) is 0 Å². The minimum atomic E-state index is -3.47. The highest BCUT2D eigenvalue weighted by atomic mass is 32.2. The molecule has 0 saturated heterocycles. The fourth-order valence-corrected chi connectivity index (χ4v) is 3.77. The van der Waals surface area contributed by atoms with Crippen LogP contribution in [0.3, 0.4) is 0 Å². The Kier molecular flexibility index (Phi) is 5.12. The van der Waals surface area contributed by atoms with Crippen LogP contribution in [0.15, 0.2) is 12.2 Å². The van der Waals surface area contributed by atoms with Gasteiger partial charge in [0.1, 0.15) is 0 Å². The van der Waals surface area contributed by atoms with Gasteiger partial charge < -0.3 is 0 Å². The molecule has 2 aliphatic rings. The van der Waals surface area contributed by atoms with Gasteiger partial charge in [-0.1, -0.05) is 38.3 Å². The zero-order valence-electron chi connectivity index (χ0n) is 13.1. The van der Waals surface area contributed by atoms with E-state index >= 15 is 0 Å². The summed E-state index contributed by atoms with van der Waals surface area (Å²) in [5.74, 6) is -0.226. The van der Waals surface area contributed by atoms with E-state index in [1.807, 2.05) is 0 Å². The van der Waals surface area contributed by atoms with E-state index in [0.717, 1.165) is 12.8 Å². The Balaban J connectivity index is 1.68. The first kappa shape index (κ1) is 16.5. The Morgan fingerprint density at radius 2 is 2.00 bits per heavy atom. The summed E-state index contributed by atoms with van der Waals surface area (Å²) in [6.45, 7) is 3.89. The van der Waals surface area contributed by atoms with Crippen LogP contribution in [0.1, 0.15) is 65.2 Å². The number of unbranched alkanes of at least 4 members (excludes halogenated alkanes) is 4. The van der Waals surface area contributed by atoms with Gasteiger partial charge >= 0.3 is 0 Å². The highest BCUT2D eigenvalue weighted by molar-refractivity contribution is 7.91. The average molecular weight is 313 g/mol. The molecule has 0 aromatic rings. The maximum atomic E-state index is 12.0. The molecular formula is C16H27NO3S. The van der Waals surface area contributed by atoms with E-state index in [0.29, 0.717) is 12.8 Å². The lowest BCUT2D eigenvalue weighted by Gasteiger charge is -2.11. The van der Waals surface area contributed by atoms with Gasteiger partial charge in [0, 0.05) is 5.92 Å². The number of hydrogen-bond acceptors (Lipinski definition) is 3. The standard InChI is InChI=1S/C16H27NO3S/c1-3-4-5-6-7-8-9-13-12-14(13)15(18)17-21(19,20)16(2)10-11-16/h8-9,13-14H,3-7,10-12H2,1-2H3,(H,17,18)/b9-8-. The molecule has 2 unspecified atom stereocenters. The number of rotatable bonds is 9. The van der Waals surface area contributed by atoms with Crippen LogP contribution in [-0.2, 0) is 14.8 Å². The van der Waals surface area contributed by atoms with Crippen LogP contribution in [0.25, 0.3) is 0 Å². The van der Waals surface area contributed by atoms with Crippen LogP contribution in [0.4, 0.5) is 0 Å². The fourth-order valence-electron chi connectivity index (χ4n) is 2.46. The molecule has 0 bridgehead atoms. The Morgan fingerprint density at radius 1 is 1.29 bits per heavy atom. The lowest BCUT2D eigenvalue weighted by molar-refractivity contribution is -0.120. The predicted octanol–water partition coefficient (Wildman–Crippen LogP) is 3.15. The van der Waals surface area contributed by atoms with E-state index in [4.69, 9.17) is 0 Å². The molecule has 0 aromatic heterocycles. The number of allylic oxidation sites excluding steroid dienone is 2. The lowest BCUT2D eigenvalue weighted by Crippen LogP contribution is -2.39. The molecule has 120 valence electrons. The zero-order chi connectivity index (χ0) is 15.5. The minimum absolute atomic E-state index is 0.144. The molecule has 2 rings (SSSR count).